The van der Waals surface area contributed by atoms with E-state index >= 15 is 0 Å². The lowest BCUT2D eigenvalue weighted by atomic mass is 9.69. The van der Waals surface area contributed by atoms with Crippen LogP contribution in [0.25, 0.3) is 0 Å². The first-order valence-electron chi connectivity index (χ1n) is 4.62. The molecular weight excluding hydrogens is 138 g/mol. The van der Waals surface area contributed by atoms with Crippen LogP contribution in [0, 0.1) is 11.8 Å². The van der Waals surface area contributed by atoms with E-state index in [0.29, 0.717) is 17.6 Å². The van der Waals surface area contributed by atoms with Gasteiger partial charge in [-0.05, 0) is 19.3 Å². The van der Waals surface area contributed by atoms with Crippen LogP contribution in [0.4, 0.5) is 0 Å². The van der Waals surface area contributed by atoms with Crippen LogP contribution in [-0.4, -0.2) is 29.8 Å². The van der Waals surface area contributed by atoms with Gasteiger partial charge in [0.2, 0.25) is 0 Å². The van der Waals surface area contributed by atoms with E-state index in [-0.39, 0.29) is 0 Å². The number of Topliss-reactive ketones (excluding diaryl/α,β-unsaturated/α-hetero) is 1. The molecule has 2 heteroatoms. The summed E-state index contributed by atoms with van der Waals surface area (Å²) in [4.78, 5) is 13.7. The van der Waals surface area contributed by atoms with Gasteiger partial charge in [0, 0.05) is 31.0 Å². The summed E-state index contributed by atoms with van der Waals surface area (Å²) in [7, 11) is 0. The lowest BCUT2D eigenvalue weighted by Crippen LogP contribution is -2.56. The molecule has 2 saturated heterocycles. The number of carbonyl (C=O) groups is 1. The van der Waals surface area contributed by atoms with Gasteiger partial charge < -0.3 is 0 Å². The molecular formula is C9H13NO. The zero-order valence-corrected chi connectivity index (χ0v) is 6.62. The number of rotatable bonds is 1. The molecule has 2 saturated carbocycles. The molecule has 2 unspecified atom stereocenters. The smallest absolute Gasteiger partial charge is 0.141 e. The fraction of sp³-hybridized carbons (Fsp3) is 0.889. The molecule has 2 atom stereocenters. The molecule has 0 N–H and O–H groups in total. The second-order valence-corrected chi connectivity index (χ2v) is 4.22. The predicted octanol–water partition coefficient (Wildman–Crippen LogP) is 0.670. The minimum Gasteiger partial charge on any atom is -0.299 e. The first-order chi connectivity index (χ1) is 5.34. The second-order valence-electron chi connectivity index (χ2n) is 4.22. The summed E-state index contributed by atoms with van der Waals surface area (Å²) < 4.78 is 0. The third-order valence-corrected chi connectivity index (χ3v) is 3.35. The van der Waals surface area contributed by atoms with Gasteiger partial charge in [0.25, 0.3) is 0 Å². The van der Waals surface area contributed by atoms with E-state index in [0.717, 1.165) is 19.1 Å². The Morgan fingerprint density at radius 3 is 2.27 bits per heavy atom. The fourth-order valence-electron chi connectivity index (χ4n) is 2.46. The molecule has 2 aliphatic heterocycles. The van der Waals surface area contributed by atoms with E-state index in [2.05, 4.69) is 4.90 Å². The van der Waals surface area contributed by atoms with Gasteiger partial charge in [-0.3, -0.25) is 9.69 Å². The number of fused-ring (bicyclic) bond motifs is 2. The molecule has 11 heavy (non-hydrogen) atoms. The molecule has 0 aromatic heterocycles. The highest BCUT2D eigenvalue weighted by atomic mass is 16.1. The lowest BCUT2D eigenvalue weighted by molar-refractivity contribution is -0.143. The summed E-state index contributed by atoms with van der Waals surface area (Å²) in [5.41, 5.74) is 0. The van der Waals surface area contributed by atoms with Crippen molar-refractivity contribution >= 4 is 5.78 Å². The topological polar surface area (TPSA) is 20.3 Å². The molecule has 0 aromatic carbocycles. The summed E-state index contributed by atoms with van der Waals surface area (Å²) in [6.07, 6.45) is 3.96. The number of ketones is 1. The minimum absolute atomic E-state index is 0.439. The van der Waals surface area contributed by atoms with E-state index in [4.69, 9.17) is 0 Å². The quantitative estimate of drug-likeness (QED) is 0.549. The first kappa shape index (κ1) is 6.18. The zero-order valence-electron chi connectivity index (χ0n) is 6.62. The molecule has 0 aromatic rings. The van der Waals surface area contributed by atoms with Gasteiger partial charge in [0.1, 0.15) is 5.78 Å². The molecule has 0 radical (unpaired) electrons. The molecule has 2 heterocycles. The zero-order chi connectivity index (χ0) is 7.42. The maximum absolute atomic E-state index is 11.2. The molecule has 0 amide bonds. The number of hydrogen-bond donors (Lipinski definition) is 0. The van der Waals surface area contributed by atoms with Crippen LogP contribution < -0.4 is 0 Å². The average molecular weight is 151 g/mol. The van der Waals surface area contributed by atoms with E-state index in [1.54, 1.807) is 0 Å². The van der Waals surface area contributed by atoms with E-state index in [1.165, 1.54) is 19.3 Å². The third kappa shape index (κ3) is 0.791. The number of carbonyl (C=O) groups excluding carboxylic acids is 1. The maximum Gasteiger partial charge on any atom is 0.141 e. The molecule has 4 aliphatic rings. The summed E-state index contributed by atoms with van der Waals surface area (Å²) in [6, 6.07) is 0.869. The van der Waals surface area contributed by atoms with Crippen LogP contribution in [0.5, 0.6) is 0 Å². The van der Waals surface area contributed by atoms with Crippen molar-refractivity contribution in [3.63, 3.8) is 0 Å². The molecule has 60 valence electrons. The van der Waals surface area contributed by atoms with Crippen molar-refractivity contribution in [2.45, 2.75) is 25.3 Å². The van der Waals surface area contributed by atoms with Crippen molar-refractivity contribution in [2.24, 2.45) is 11.8 Å². The second kappa shape index (κ2) is 1.86. The number of nitrogens with zero attached hydrogens (tertiary/aromatic N) is 1. The molecule has 2 aliphatic carbocycles. The number of hydrogen-bond acceptors (Lipinski definition) is 2. The van der Waals surface area contributed by atoms with E-state index in [9.17, 15) is 4.79 Å². The van der Waals surface area contributed by atoms with Gasteiger partial charge in [-0.1, -0.05) is 0 Å². The van der Waals surface area contributed by atoms with Gasteiger partial charge in [0.05, 0.1) is 0 Å². The van der Waals surface area contributed by atoms with Gasteiger partial charge in [-0.2, -0.15) is 0 Å². The van der Waals surface area contributed by atoms with Crippen molar-refractivity contribution in [2.75, 3.05) is 13.1 Å². The summed E-state index contributed by atoms with van der Waals surface area (Å²) in [6.45, 7) is 2.17. The Bertz CT molecular complexity index is 196. The lowest BCUT2D eigenvalue weighted by Gasteiger charge is -2.45. The molecule has 2 bridgehead atoms. The Balaban J connectivity index is 1.72. The molecule has 2 nitrogen and oxygen atoms in total. The van der Waals surface area contributed by atoms with E-state index < -0.39 is 0 Å². The van der Waals surface area contributed by atoms with Crippen molar-refractivity contribution in [3.05, 3.63) is 0 Å². The highest BCUT2D eigenvalue weighted by Crippen LogP contribution is 2.40. The van der Waals surface area contributed by atoms with Gasteiger partial charge >= 0.3 is 0 Å². The van der Waals surface area contributed by atoms with Crippen LogP contribution in [0.1, 0.15) is 19.3 Å². The highest BCUT2D eigenvalue weighted by molar-refractivity contribution is 5.90. The summed E-state index contributed by atoms with van der Waals surface area (Å²) in [5, 5.41) is 0. The Hall–Kier alpha value is -0.370. The third-order valence-electron chi connectivity index (χ3n) is 3.35. The van der Waals surface area contributed by atoms with Gasteiger partial charge in [-0.15, -0.1) is 0 Å². The van der Waals surface area contributed by atoms with Crippen molar-refractivity contribution in [3.8, 4) is 0 Å². The SMILES string of the molecule is O=C1C2CC1CN(C1CC1)C2. The monoisotopic (exact) mass is 151 g/mol. The van der Waals surface area contributed by atoms with Crippen LogP contribution in [0.2, 0.25) is 0 Å². The summed E-state index contributed by atoms with van der Waals surface area (Å²) >= 11 is 0. The Labute approximate surface area is 66.6 Å². The van der Waals surface area contributed by atoms with Crippen molar-refractivity contribution in [1.82, 2.24) is 4.90 Å². The van der Waals surface area contributed by atoms with Crippen LogP contribution in [0.15, 0.2) is 0 Å². The molecule has 4 fully saturated rings. The minimum atomic E-state index is 0.439. The average Bonchev–Trinajstić information content (AvgIpc) is 2.86. The van der Waals surface area contributed by atoms with Gasteiger partial charge in [-0.25, -0.2) is 0 Å². The number of piperidine rings is 2. The van der Waals surface area contributed by atoms with Crippen LogP contribution in [-0.2, 0) is 4.79 Å². The Morgan fingerprint density at radius 1 is 1.18 bits per heavy atom. The van der Waals surface area contributed by atoms with E-state index in [1.807, 2.05) is 0 Å². The normalized spacial score (nSPS) is 43.8. The van der Waals surface area contributed by atoms with Crippen molar-refractivity contribution < 1.29 is 4.79 Å². The Kier molecular flexibility index (Phi) is 1.05. The first-order valence-corrected chi connectivity index (χ1v) is 4.62. The van der Waals surface area contributed by atoms with Crippen molar-refractivity contribution in [1.29, 1.82) is 0 Å². The van der Waals surface area contributed by atoms with Gasteiger partial charge in [0.15, 0.2) is 0 Å². The maximum atomic E-state index is 11.2. The Morgan fingerprint density at radius 2 is 1.82 bits per heavy atom. The molecule has 4 rings (SSSR count). The standard InChI is InChI=1S/C9H13NO/c11-9-6-3-7(9)5-10(4-6)8-1-2-8/h6-8H,1-5H2. The predicted molar refractivity (Wildman–Crippen MR) is 41.2 cm³/mol. The largest absolute Gasteiger partial charge is 0.299 e. The highest BCUT2D eigenvalue weighted by Gasteiger charge is 2.48. The summed E-state index contributed by atoms with van der Waals surface area (Å²) in [5.74, 6) is 1.44. The van der Waals surface area contributed by atoms with Crippen LogP contribution in [0.3, 0.4) is 0 Å². The molecule has 0 spiro atoms. The fourth-order valence-corrected chi connectivity index (χ4v) is 2.46. The van der Waals surface area contributed by atoms with Crippen LogP contribution >= 0.6 is 0 Å².